The van der Waals surface area contributed by atoms with Crippen molar-refractivity contribution in [3.05, 3.63) is 52.8 Å². The minimum atomic E-state index is -4.52. The van der Waals surface area contributed by atoms with Gasteiger partial charge in [0.25, 0.3) is 0 Å². The normalized spacial score (nSPS) is 12.8. The third kappa shape index (κ3) is 7.20. The predicted octanol–water partition coefficient (Wildman–Crippen LogP) is 6.19. The van der Waals surface area contributed by atoms with Crippen LogP contribution >= 0.6 is 0 Å². The summed E-state index contributed by atoms with van der Waals surface area (Å²) in [6, 6.07) is 7.18. The summed E-state index contributed by atoms with van der Waals surface area (Å²) in [4.78, 5) is 9.56. The third-order valence-corrected chi connectivity index (χ3v) is 10.1. The number of alkyl halides is 3. The maximum absolute atomic E-state index is 13.4. The Morgan fingerprint density at radius 3 is 2.12 bits per heavy atom. The molecule has 0 unspecified atom stereocenters. The SMILES string of the molecule is COc1cccc(OC)c1CON=Cc1cc(C(F)(F)F)cc(CO[Si](C)(C)C(C)(C)C)n1. The van der Waals surface area contributed by atoms with Crippen molar-refractivity contribution >= 4 is 14.5 Å². The molecule has 10 heteroatoms. The van der Waals surface area contributed by atoms with Crippen LogP contribution in [0.25, 0.3) is 0 Å². The molecular formula is C23H31F3N2O4Si. The third-order valence-electron chi connectivity index (χ3n) is 5.61. The predicted molar refractivity (Wildman–Crippen MR) is 123 cm³/mol. The molecular weight excluding hydrogens is 453 g/mol. The van der Waals surface area contributed by atoms with Crippen molar-refractivity contribution < 1.29 is 31.9 Å². The zero-order chi connectivity index (χ0) is 24.9. The Bertz CT molecular complexity index is 951. The van der Waals surface area contributed by atoms with E-state index in [1.807, 2.05) is 13.1 Å². The fraction of sp³-hybridized carbons (Fsp3) is 0.478. The minimum absolute atomic E-state index is 0.00396. The van der Waals surface area contributed by atoms with Gasteiger partial charge in [0, 0.05) is 0 Å². The molecule has 0 amide bonds. The number of halogens is 3. The Morgan fingerprint density at radius 2 is 1.61 bits per heavy atom. The first-order chi connectivity index (χ1) is 15.3. The molecule has 0 atom stereocenters. The number of benzene rings is 1. The summed E-state index contributed by atoms with van der Waals surface area (Å²) in [6.45, 7) is 10.2. The zero-order valence-corrected chi connectivity index (χ0v) is 21.0. The largest absolute Gasteiger partial charge is 0.496 e. The van der Waals surface area contributed by atoms with E-state index < -0.39 is 20.1 Å². The number of oxime groups is 1. The van der Waals surface area contributed by atoms with E-state index in [1.54, 1.807) is 18.2 Å². The van der Waals surface area contributed by atoms with Gasteiger partial charge in [-0.2, -0.15) is 13.2 Å². The van der Waals surface area contributed by atoms with Crippen LogP contribution in [0.4, 0.5) is 13.2 Å². The number of aromatic nitrogens is 1. The molecule has 1 heterocycles. The van der Waals surface area contributed by atoms with Crippen molar-refractivity contribution in [1.82, 2.24) is 4.98 Å². The molecule has 0 saturated heterocycles. The minimum Gasteiger partial charge on any atom is -0.496 e. The molecule has 0 saturated carbocycles. The highest BCUT2D eigenvalue weighted by molar-refractivity contribution is 6.74. The first-order valence-electron chi connectivity index (χ1n) is 10.4. The van der Waals surface area contributed by atoms with Gasteiger partial charge in [-0.25, -0.2) is 4.98 Å². The Balaban J connectivity index is 2.21. The summed E-state index contributed by atoms with van der Waals surface area (Å²) in [5, 5.41) is 3.72. The Morgan fingerprint density at radius 1 is 1.00 bits per heavy atom. The lowest BCUT2D eigenvalue weighted by molar-refractivity contribution is -0.137. The smallest absolute Gasteiger partial charge is 0.416 e. The van der Waals surface area contributed by atoms with Gasteiger partial charge < -0.3 is 18.7 Å². The van der Waals surface area contributed by atoms with Crippen LogP contribution in [0.5, 0.6) is 11.5 Å². The molecule has 2 aromatic rings. The van der Waals surface area contributed by atoms with Crippen LogP contribution in [0.3, 0.4) is 0 Å². The van der Waals surface area contributed by atoms with Crippen LogP contribution in [-0.2, 0) is 28.7 Å². The molecule has 0 spiro atoms. The van der Waals surface area contributed by atoms with E-state index in [4.69, 9.17) is 18.7 Å². The lowest BCUT2D eigenvalue weighted by atomic mass is 10.2. The van der Waals surface area contributed by atoms with Crippen molar-refractivity contribution in [3.63, 3.8) is 0 Å². The van der Waals surface area contributed by atoms with E-state index in [2.05, 4.69) is 30.9 Å². The van der Waals surface area contributed by atoms with Crippen molar-refractivity contribution in [1.29, 1.82) is 0 Å². The van der Waals surface area contributed by atoms with Crippen LogP contribution in [-0.4, -0.2) is 33.7 Å². The van der Waals surface area contributed by atoms with Gasteiger partial charge >= 0.3 is 6.18 Å². The summed E-state index contributed by atoms with van der Waals surface area (Å²) in [5.74, 6) is 1.10. The monoisotopic (exact) mass is 484 g/mol. The van der Waals surface area contributed by atoms with E-state index in [-0.39, 0.29) is 29.6 Å². The molecule has 33 heavy (non-hydrogen) atoms. The van der Waals surface area contributed by atoms with E-state index in [1.165, 1.54) is 14.2 Å². The fourth-order valence-electron chi connectivity index (χ4n) is 2.65. The molecule has 1 aromatic carbocycles. The van der Waals surface area contributed by atoms with Gasteiger partial charge in [-0.1, -0.05) is 32.0 Å². The number of nitrogens with zero attached hydrogens (tertiary/aromatic N) is 2. The summed E-state index contributed by atoms with van der Waals surface area (Å²) in [6.07, 6.45) is -3.38. The van der Waals surface area contributed by atoms with Crippen molar-refractivity contribution in [2.45, 2.75) is 58.3 Å². The molecule has 0 aliphatic carbocycles. The van der Waals surface area contributed by atoms with Gasteiger partial charge in [-0.15, -0.1) is 0 Å². The van der Waals surface area contributed by atoms with Crippen LogP contribution in [0.15, 0.2) is 35.5 Å². The molecule has 2 rings (SSSR count). The van der Waals surface area contributed by atoms with Gasteiger partial charge in [-0.05, 0) is 42.4 Å². The molecule has 0 aliphatic heterocycles. The average molecular weight is 485 g/mol. The van der Waals surface area contributed by atoms with Gasteiger partial charge in [0.05, 0.1) is 49.6 Å². The second-order valence-electron chi connectivity index (χ2n) is 8.97. The summed E-state index contributed by atoms with van der Waals surface area (Å²) in [7, 11) is 0.872. The second-order valence-corrected chi connectivity index (χ2v) is 13.8. The Labute approximate surface area is 193 Å². The van der Waals surface area contributed by atoms with Crippen molar-refractivity contribution in [2.75, 3.05) is 14.2 Å². The molecule has 0 aliphatic rings. The van der Waals surface area contributed by atoms with Crippen LogP contribution < -0.4 is 9.47 Å². The zero-order valence-electron chi connectivity index (χ0n) is 20.0. The van der Waals surface area contributed by atoms with Crippen molar-refractivity contribution in [2.24, 2.45) is 5.16 Å². The summed E-state index contributed by atoms with van der Waals surface area (Å²) in [5.41, 5.74) is 0.00689. The molecule has 1 aromatic heterocycles. The molecule has 182 valence electrons. The van der Waals surface area contributed by atoms with Gasteiger partial charge in [0.15, 0.2) is 8.32 Å². The number of hydrogen-bond acceptors (Lipinski definition) is 6. The first kappa shape index (κ1) is 26.7. The number of hydrogen-bond donors (Lipinski definition) is 0. The van der Waals surface area contributed by atoms with E-state index >= 15 is 0 Å². The maximum atomic E-state index is 13.4. The number of rotatable bonds is 9. The van der Waals surface area contributed by atoms with Gasteiger partial charge in [-0.3, -0.25) is 0 Å². The molecule has 0 radical (unpaired) electrons. The standard InChI is InChI=1S/C23H31F3N2O4Si/c1-22(2,3)33(6,7)32-14-18-12-16(23(24,25)26)11-17(28-18)13-27-31-15-19-20(29-4)9-8-10-21(19)30-5/h8-13H,14-15H2,1-7H3. The number of ether oxygens (including phenoxy) is 2. The Kier molecular flexibility index (Phi) is 8.53. The highest BCUT2D eigenvalue weighted by Crippen LogP contribution is 2.37. The number of pyridine rings is 1. The fourth-order valence-corrected chi connectivity index (χ4v) is 3.59. The molecule has 6 nitrogen and oxygen atoms in total. The van der Waals surface area contributed by atoms with E-state index in [9.17, 15) is 13.2 Å². The van der Waals surface area contributed by atoms with Crippen LogP contribution in [0.1, 0.15) is 43.3 Å². The van der Waals surface area contributed by atoms with Crippen LogP contribution in [0.2, 0.25) is 18.1 Å². The van der Waals surface area contributed by atoms with Gasteiger partial charge in [0.2, 0.25) is 0 Å². The molecule has 0 N–H and O–H groups in total. The lowest BCUT2D eigenvalue weighted by Crippen LogP contribution is -2.40. The lowest BCUT2D eigenvalue weighted by Gasteiger charge is -2.36. The second kappa shape index (κ2) is 10.6. The summed E-state index contributed by atoms with van der Waals surface area (Å²) >= 11 is 0. The summed E-state index contributed by atoms with van der Waals surface area (Å²) < 4.78 is 56.9. The van der Waals surface area contributed by atoms with E-state index in [0.29, 0.717) is 17.1 Å². The quantitative estimate of drug-likeness (QED) is 0.241. The van der Waals surface area contributed by atoms with Crippen LogP contribution in [0, 0.1) is 0 Å². The van der Waals surface area contributed by atoms with E-state index in [0.717, 1.165) is 18.3 Å². The first-order valence-corrected chi connectivity index (χ1v) is 13.3. The highest BCUT2D eigenvalue weighted by Gasteiger charge is 2.37. The number of methoxy groups -OCH3 is 2. The average Bonchev–Trinajstić information content (AvgIpc) is 2.73. The Hall–Kier alpha value is -2.59. The highest BCUT2D eigenvalue weighted by atomic mass is 28.4. The van der Waals surface area contributed by atoms with Crippen molar-refractivity contribution in [3.8, 4) is 11.5 Å². The molecule has 0 fully saturated rings. The molecule has 0 bridgehead atoms. The van der Waals surface area contributed by atoms with Gasteiger partial charge in [0.1, 0.15) is 18.1 Å². The maximum Gasteiger partial charge on any atom is 0.416 e. The topological polar surface area (TPSA) is 62.2 Å².